The Hall–Kier alpha value is -1.51. The smallest absolute Gasteiger partial charge is 0.417 e. The van der Waals surface area contributed by atoms with E-state index in [9.17, 15) is 4.79 Å². The highest BCUT2D eigenvalue weighted by Crippen LogP contribution is 2.06. The molecule has 0 radical (unpaired) electrons. The molecule has 0 unspecified atom stereocenters. The molecule has 0 aromatic heterocycles. The summed E-state index contributed by atoms with van der Waals surface area (Å²) in [6.45, 7) is 1.92. The molecule has 0 N–H and O–H groups in total. The summed E-state index contributed by atoms with van der Waals surface area (Å²) in [5.41, 5.74) is 1.01. The van der Waals surface area contributed by atoms with Gasteiger partial charge in [-0.2, -0.15) is 0 Å². The van der Waals surface area contributed by atoms with Crippen LogP contribution in [-0.2, 0) is 4.74 Å². The van der Waals surface area contributed by atoms with Gasteiger partial charge in [0.2, 0.25) is 0 Å². The van der Waals surface area contributed by atoms with Crippen molar-refractivity contribution < 1.29 is 9.53 Å². The van der Waals surface area contributed by atoms with Gasteiger partial charge in [0.25, 0.3) is 0 Å². The van der Waals surface area contributed by atoms with Crippen molar-refractivity contribution in [2.24, 2.45) is 0 Å². The summed E-state index contributed by atoms with van der Waals surface area (Å²) in [7, 11) is 1.36. The minimum Gasteiger partial charge on any atom is -0.452 e. The molecule has 3 heteroatoms. The van der Waals surface area contributed by atoms with Crippen LogP contribution in [0.3, 0.4) is 0 Å². The third-order valence-electron chi connectivity index (χ3n) is 1.45. The summed E-state index contributed by atoms with van der Waals surface area (Å²) in [4.78, 5) is 12.4. The van der Waals surface area contributed by atoms with Gasteiger partial charge < -0.3 is 4.74 Å². The van der Waals surface area contributed by atoms with Gasteiger partial charge in [0.05, 0.1) is 7.11 Å². The maximum absolute atomic E-state index is 11.0. The van der Waals surface area contributed by atoms with E-state index in [1.54, 1.807) is 18.5 Å². The predicted molar refractivity (Wildman–Crippen MR) is 46.3 cm³/mol. The van der Waals surface area contributed by atoms with Crippen LogP contribution in [-0.4, -0.2) is 18.1 Å². The molecule has 1 amide bonds. The van der Waals surface area contributed by atoms with Crippen LogP contribution >= 0.6 is 0 Å². The minimum atomic E-state index is -0.380. The number of carbonyl (C=O) groups is 1. The highest BCUT2D eigenvalue weighted by atomic mass is 16.5. The standard InChI is InChI=1S/C9H11NO2/c1-8-5-3-4-6-10(7-8)9(11)12-2/h3-7H,1-2H3. The fraction of sp³-hybridized carbons (Fsp3) is 0.222. The maximum Gasteiger partial charge on any atom is 0.417 e. The molecule has 0 saturated heterocycles. The summed E-state index contributed by atoms with van der Waals surface area (Å²) in [6.07, 6.45) is 8.55. The average molecular weight is 165 g/mol. The third-order valence-corrected chi connectivity index (χ3v) is 1.45. The lowest BCUT2D eigenvalue weighted by molar-refractivity contribution is 0.151. The molecule has 1 aliphatic rings. The quantitative estimate of drug-likeness (QED) is 0.549. The highest BCUT2D eigenvalue weighted by Gasteiger charge is 2.07. The van der Waals surface area contributed by atoms with Crippen molar-refractivity contribution in [3.63, 3.8) is 0 Å². The summed E-state index contributed by atoms with van der Waals surface area (Å²) in [5, 5.41) is 0. The summed E-state index contributed by atoms with van der Waals surface area (Å²) in [5.74, 6) is 0. The van der Waals surface area contributed by atoms with E-state index in [0.29, 0.717) is 0 Å². The Labute approximate surface area is 71.6 Å². The number of rotatable bonds is 0. The predicted octanol–water partition coefficient (Wildman–Crippen LogP) is 2.04. The Morgan fingerprint density at radius 1 is 1.50 bits per heavy atom. The summed E-state index contributed by atoms with van der Waals surface area (Å²) < 4.78 is 4.56. The molecular weight excluding hydrogens is 154 g/mol. The molecule has 3 nitrogen and oxygen atoms in total. The van der Waals surface area contributed by atoms with Crippen molar-refractivity contribution in [3.8, 4) is 0 Å². The van der Waals surface area contributed by atoms with E-state index >= 15 is 0 Å². The second kappa shape index (κ2) is 3.76. The van der Waals surface area contributed by atoms with E-state index in [1.807, 2.05) is 19.1 Å². The van der Waals surface area contributed by atoms with Gasteiger partial charge in [0.15, 0.2) is 0 Å². The van der Waals surface area contributed by atoms with Gasteiger partial charge in [-0.25, -0.2) is 4.79 Å². The lowest BCUT2D eigenvalue weighted by atomic mass is 10.3. The average Bonchev–Trinajstić information content (AvgIpc) is 2.28. The molecule has 0 aromatic rings. The molecule has 1 aliphatic heterocycles. The number of ether oxygens (including phenoxy) is 1. The molecule has 1 rings (SSSR count). The van der Waals surface area contributed by atoms with Gasteiger partial charge in [-0.15, -0.1) is 0 Å². The molecule has 0 aliphatic carbocycles. The summed E-state index contributed by atoms with van der Waals surface area (Å²) in [6, 6.07) is 0. The molecule has 0 bridgehead atoms. The van der Waals surface area contributed by atoms with E-state index in [2.05, 4.69) is 4.74 Å². The highest BCUT2D eigenvalue weighted by molar-refractivity contribution is 5.70. The van der Waals surface area contributed by atoms with Crippen LogP contribution in [0.1, 0.15) is 6.92 Å². The van der Waals surface area contributed by atoms with Crippen LogP contribution in [0.4, 0.5) is 4.79 Å². The Morgan fingerprint density at radius 3 is 2.92 bits per heavy atom. The first-order chi connectivity index (χ1) is 5.74. The Bertz CT molecular complexity index is 264. The first-order valence-electron chi connectivity index (χ1n) is 3.63. The Morgan fingerprint density at radius 2 is 2.25 bits per heavy atom. The largest absolute Gasteiger partial charge is 0.452 e. The molecule has 0 spiro atoms. The van der Waals surface area contributed by atoms with Crippen molar-refractivity contribution in [1.82, 2.24) is 4.90 Å². The van der Waals surface area contributed by atoms with E-state index in [0.717, 1.165) is 5.57 Å². The maximum atomic E-state index is 11.0. The van der Waals surface area contributed by atoms with Crippen LogP contribution in [0, 0.1) is 0 Å². The molecule has 12 heavy (non-hydrogen) atoms. The normalized spacial score (nSPS) is 15.5. The lowest BCUT2D eigenvalue weighted by Gasteiger charge is -2.10. The molecule has 0 fully saturated rings. The second-order valence-corrected chi connectivity index (χ2v) is 2.45. The van der Waals surface area contributed by atoms with Gasteiger partial charge in [0, 0.05) is 12.4 Å². The molecular formula is C9H11NO2. The SMILES string of the molecule is COC(=O)N1C=CC=CC(C)=C1. The van der Waals surface area contributed by atoms with Gasteiger partial charge >= 0.3 is 6.09 Å². The number of hydrogen-bond acceptors (Lipinski definition) is 2. The molecule has 0 saturated carbocycles. The van der Waals surface area contributed by atoms with E-state index in [1.165, 1.54) is 12.0 Å². The van der Waals surface area contributed by atoms with Gasteiger partial charge in [0.1, 0.15) is 0 Å². The first-order valence-corrected chi connectivity index (χ1v) is 3.63. The number of methoxy groups -OCH3 is 1. The van der Waals surface area contributed by atoms with Gasteiger partial charge in [-0.3, -0.25) is 4.90 Å². The van der Waals surface area contributed by atoms with E-state index in [-0.39, 0.29) is 6.09 Å². The zero-order valence-corrected chi connectivity index (χ0v) is 7.15. The van der Waals surface area contributed by atoms with E-state index < -0.39 is 0 Å². The monoisotopic (exact) mass is 165 g/mol. The number of amides is 1. The number of nitrogens with zero attached hydrogens (tertiary/aromatic N) is 1. The second-order valence-electron chi connectivity index (χ2n) is 2.45. The number of carbonyl (C=O) groups excluding carboxylic acids is 1. The van der Waals surface area contributed by atoms with Crippen molar-refractivity contribution in [1.29, 1.82) is 0 Å². The van der Waals surface area contributed by atoms with Crippen molar-refractivity contribution >= 4 is 6.09 Å². The minimum absolute atomic E-state index is 0.380. The third kappa shape index (κ3) is 1.99. The molecule has 0 aromatic carbocycles. The fourth-order valence-electron chi connectivity index (χ4n) is 0.874. The fourth-order valence-corrected chi connectivity index (χ4v) is 0.874. The Kier molecular flexibility index (Phi) is 2.69. The van der Waals surface area contributed by atoms with Gasteiger partial charge in [-0.05, 0) is 18.6 Å². The van der Waals surface area contributed by atoms with Crippen LogP contribution in [0.2, 0.25) is 0 Å². The topological polar surface area (TPSA) is 29.5 Å². The van der Waals surface area contributed by atoms with Crippen molar-refractivity contribution in [3.05, 3.63) is 36.2 Å². The van der Waals surface area contributed by atoms with Crippen LogP contribution < -0.4 is 0 Å². The van der Waals surface area contributed by atoms with Crippen LogP contribution in [0.5, 0.6) is 0 Å². The van der Waals surface area contributed by atoms with Crippen molar-refractivity contribution in [2.45, 2.75) is 6.92 Å². The first kappa shape index (κ1) is 8.59. The van der Waals surface area contributed by atoms with Crippen LogP contribution in [0.15, 0.2) is 36.2 Å². The zero-order chi connectivity index (χ0) is 8.97. The van der Waals surface area contributed by atoms with Crippen molar-refractivity contribution in [2.75, 3.05) is 7.11 Å². The molecule has 1 heterocycles. The van der Waals surface area contributed by atoms with Gasteiger partial charge in [-0.1, -0.05) is 12.2 Å². The lowest BCUT2D eigenvalue weighted by Crippen LogP contribution is -2.19. The van der Waals surface area contributed by atoms with E-state index in [4.69, 9.17) is 0 Å². The van der Waals surface area contributed by atoms with Crippen LogP contribution in [0.25, 0.3) is 0 Å². The summed E-state index contributed by atoms with van der Waals surface area (Å²) >= 11 is 0. The molecule has 0 atom stereocenters. The molecule has 64 valence electrons. The zero-order valence-electron chi connectivity index (χ0n) is 7.15. The number of hydrogen-bond donors (Lipinski definition) is 0. The Balaban J connectivity index is 2.79. The number of allylic oxidation sites excluding steroid dienone is 4.